The Morgan fingerprint density at radius 3 is 2.59 bits per heavy atom. The molecule has 0 bridgehead atoms. The average Bonchev–Trinajstić information content (AvgIpc) is 2.72. The molecule has 0 saturated carbocycles. The molecule has 1 aromatic rings. The third-order valence-corrected chi connectivity index (χ3v) is 5.21. The molecule has 1 aliphatic heterocycles. The number of ketones is 2. The predicted octanol–water partition coefficient (Wildman–Crippen LogP) is 2.33. The van der Waals surface area contributed by atoms with Gasteiger partial charge in [-0.1, -0.05) is 25.2 Å². The Morgan fingerprint density at radius 2 is 1.91 bits per heavy atom. The Hall–Kier alpha value is -2.81. The van der Waals surface area contributed by atoms with Gasteiger partial charge < -0.3 is 24.8 Å². The van der Waals surface area contributed by atoms with Crippen LogP contribution in [0, 0.1) is 5.92 Å². The van der Waals surface area contributed by atoms with Gasteiger partial charge in [0.05, 0.1) is 19.3 Å². The SMILES string of the molecule is CC(=O)CCOCc1cc(O)c2c(c1)/C=C/C[C@H](O)[C@H](O)C(=O)/C=C\[C@H](C)[C@H](C)OC2=O. The number of esters is 1. The lowest BCUT2D eigenvalue weighted by Gasteiger charge is -2.20. The number of aliphatic hydroxyl groups excluding tert-OH is 2. The largest absolute Gasteiger partial charge is 0.507 e. The molecule has 0 amide bonds. The van der Waals surface area contributed by atoms with Gasteiger partial charge in [-0.25, -0.2) is 4.79 Å². The average molecular weight is 446 g/mol. The molecule has 1 heterocycles. The van der Waals surface area contributed by atoms with E-state index in [2.05, 4.69) is 0 Å². The summed E-state index contributed by atoms with van der Waals surface area (Å²) in [4.78, 5) is 35.9. The summed E-state index contributed by atoms with van der Waals surface area (Å²) in [5.41, 5.74) is 0.865. The number of aromatic hydroxyl groups is 1. The van der Waals surface area contributed by atoms with E-state index in [1.165, 1.54) is 37.3 Å². The van der Waals surface area contributed by atoms with E-state index in [9.17, 15) is 29.7 Å². The maximum absolute atomic E-state index is 12.8. The van der Waals surface area contributed by atoms with Gasteiger partial charge in [0.2, 0.25) is 0 Å². The first-order valence-electron chi connectivity index (χ1n) is 10.5. The second kappa shape index (κ2) is 11.7. The highest BCUT2D eigenvalue weighted by Crippen LogP contribution is 2.28. The molecule has 4 atom stereocenters. The fourth-order valence-electron chi connectivity index (χ4n) is 3.04. The molecule has 8 heteroatoms. The number of benzene rings is 1. The molecular formula is C24H30O8. The number of aliphatic hydroxyl groups is 2. The van der Waals surface area contributed by atoms with E-state index in [1.807, 2.05) is 0 Å². The molecule has 8 nitrogen and oxygen atoms in total. The molecule has 3 N–H and O–H groups in total. The molecule has 32 heavy (non-hydrogen) atoms. The number of phenols is 1. The van der Waals surface area contributed by atoms with Crippen LogP contribution in [0.3, 0.4) is 0 Å². The highest BCUT2D eigenvalue weighted by molar-refractivity contribution is 5.97. The standard InChI is InChI=1S/C24H30O8/c1-14-7-8-20(27)23(29)19(26)6-4-5-18-11-17(13-31-10-9-15(2)25)12-21(28)22(18)24(30)32-16(14)3/h4-5,7-8,11-12,14,16,19,23,26,28-29H,6,9-10,13H2,1-3H3/b5-4+,8-7-/t14-,16-,19-,23-/m0/s1. The molecule has 0 spiro atoms. The first-order valence-corrected chi connectivity index (χ1v) is 10.5. The summed E-state index contributed by atoms with van der Waals surface area (Å²) in [6.07, 6.45) is 2.34. The van der Waals surface area contributed by atoms with Crippen molar-refractivity contribution in [2.24, 2.45) is 5.92 Å². The Labute approximate surface area is 187 Å². The van der Waals surface area contributed by atoms with Gasteiger partial charge in [0.25, 0.3) is 0 Å². The molecule has 174 valence electrons. The summed E-state index contributed by atoms with van der Waals surface area (Å²) < 4.78 is 10.9. The van der Waals surface area contributed by atoms with E-state index in [4.69, 9.17) is 9.47 Å². The van der Waals surface area contributed by atoms with E-state index < -0.39 is 30.1 Å². The van der Waals surface area contributed by atoms with E-state index >= 15 is 0 Å². The Bertz CT molecular complexity index is 902. The number of Topliss-reactive ketones (excluding diaryl/α,β-unsaturated/α-hetero) is 1. The summed E-state index contributed by atoms with van der Waals surface area (Å²) in [6.45, 7) is 5.20. The second-order valence-corrected chi connectivity index (χ2v) is 7.97. The van der Waals surface area contributed by atoms with Crippen molar-refractivity contribution in [3.63, 3.8) is 0 Å². The van der Waals surface area contributed by atoms with Crippen LogP contribution in [0.4, 0.5) is 0 Å². The normalized spacial score (nSPS) is 26.5. The van der Waals surface area contributed by atoms with Crippen LogP contribution in [-0.2, 0) is 25.7 Å². The Kier molecular flexibility index (Phi) is 9.31. The Morgan fingerprint density at radius 1 is 1.19 bits per heavy atom. The smallest absolute Gasteiger partial charge is 0.342 e. The van der Waals surface area contributed by atoms with Crippen LogP contribution < -0.4 is 0 Å². The van der Waals surface area contributed by atoms with Crippen LogP contribution in [0.25, 0.3) is 6.08 Å². The maximum atomic E-state index is 12.8. The molecule has 2 rings (SSSR count). The van der Waals surface area contributed by atoms with E-state index in [0.29, 0.717) is 11.1 Å². The van der Waals surface area contributed by atoms with Crippen LogP contribution in [0.2, 0.25) is 0 Å². The highest BCUT2D eigenvalue weighted by Gasteiger charge is 2.25. The maximum Gasteiger partial charge on any atom is 0.342 e. The number of carbonyl (C=O) groups excluding carboxylic acids is 3. The van der Waals surface area contributed by atoms with Crippen molar-refractivity contribution in [1.29, 1.82) is 0 Å². The van der Waals surface area contributed by atoms with Gasteiger partial charge in [-0.05, 0) is 49.6 Å². The fraction of sp³-hybridized carbons (Fsp3) is 0.458. The first-order chi connectivity index (χ1) is 15.1. The minimum absolute atomic E-state index is 0.000131. The molecule has 0 unspecified atom stereocenters. The zero-order valence-electron chi connectivity index (χ0n) is 18.5. The van der Waals surface area contributed by atoms with Crippen molar-refractivity contribution in [2.75, 3.05) is 6.61 Å². The van der Waals surface area contributed by atoms with Crippen LogP contribution in [0.5, 0.6) is 5.75 Å². The van der Waals surface area contributed by atoms with E-state index in [1.54, 1.807) is 19.9 Å². The van der Waals surface area contributed by atoms with Gasteiger partial charge in [0.15, 0.2) is 5.78 Å². The van der Waals surface area contributed by atoms with Gasteiger partial charge in [-0.15, -0.1) is 0 Å². The lowest BCUT2D eigenvalue weighted by atomic mass is 9.98. The molecule has 1 aromatic carbocycles. The molecular weight excluding hydrogens is 416 g/mol. The number of fused-ring (bicyclic) bond motifs is 1. The minimum atomic E-state index is -1.59. The van der Waals surface area contributed by atoms with Crippen molar-refractivity contribution >= 4 is 23.6 Å². The molecule has 0 aliphatic carbocycles. The number of hydrogen-bond acceptors (Lipinski definition) is 8. The van der Waals surface area contributed by atoms with Gasteiger partial charge in [0, 0.05) is 12.3 Å². The summed E-state index contributed by atoms with van der Waals surface area (Å²) in [5, 5.41) is 30.7. The lowest BCUT2D eigenvalue weighted by Crippen LogP contribution is -2.32. The number of phenolic OH excluding ortho intramolecular Hbond substituents is 1. The highest BCUT2D eigenvalue weighted by atomic mass is 16.5. The van der Waals surface area contributed by atoms with Crippen LogP contribution >= 0.6 is 0 Å². The minimum Gasteiger partial charge on any atom is -0.507 e. The second-order valence-electron chi connectivity index (χ2n) is 7.97. The monoisotopic (exact) mass is 446 g/mol. The number of rotatable bonds is 5. The van der Waals surface area contributed by atoms with Gasteiger partial charge >= 0.3 is 5.97 Å². The van der Waals surface area contributed by atoms with Crippen molar-refractivity contribution in [3.05, 3.63) is 47.1 Å². The number of cyclic esters (lactones) is 1. The van der Waals surface area contributed by atoms with Crippen molar-refractivity contribution in [2.45, 2.75) is 58.5 Å². The number of ether oxygens (including phenoxy) is 2. The topological polar surface area (TPSA) is 130 Å². The van der Waals surface area contributed by atoms with Gasteiger partial charge in [-0.2, -0.15) is 0 Å². The zero-order chi connectivity index (χ0) is 23.8. The zero-order valence-corrected chi connectivity index (χ0v) is 18.5. The van der Waals surface area contributed by atoms with Crippen molar-refractivity contribution < 1.29 is 39.2 Å². The molecule has 0 fully saturated rings. The Balaban J connectivity index is 2.38. The summed E-state index contributed by atoms with van der Waals surface area (Å²) in [7, 11) is 0. The van der Waals surface area contributed by atoms with Crippen LogP contribution in [-0.4, -0.2) is 57.8 Å². The fourth-order valence-corrected chi connectivity index (χ4v) is 3.04. The molecule has 0 radical (unpaired) electrons. The molecule has 1 aliphatic rings. The quantitative estimate of drug-likeness (QED) is 0.464. The predicted molar refractivity (Wildman–Crippen MR) is 117 cm³/mol. The summed E-state index contributed by atoms with van der Waals surface area (Å²) in [6, 6.07) is 3.03. The molecule has 0 aromatic heterocycles. The first kappa shape index (κ1) is 25.5. The lowest BCUT2D eigenvalue weighted by molar-refractivity contribution is -0.127. The summed E-state index contributed by atoms with van der Waals surface area (Å²) >= 11 is 0. The third-order valence-electron chi connectivity index (χ3n) is 5.21. The van der Waals surface area contributed by atoms with Gasteiger partial charge in [-0.3, -0.25) is 9.59 Å². The number of hydrogen-bond donors (Lipinski definition) is 3. The van der Waals surface area contributed by atoms with E-state index in [-0.39, 0.29) is 49.1 Å². The van der Waals surface area contributed by atoms with Crippen LogP contribution in [0.1, 0.15) is 55.1 Å². The summed E-state index contributed by atoms with van der Waals surface area (Å²) in [5.74, 6) is -2.02. The van der Waals surface area contributed by atoms with Crippen molar-refractivity contribution in [1.82, 2.24) is 0 Å². The van der Waals surface area contributed by atoms with Crippen molar-refractivity contribution in [3.8, 4) is 5.75 Å². The van der Waals surface area contributed by atoms with E-state index in [0.717, 1.165) is 0 Å². The van der Waals surface area contributed by atoms with Gasteiger partial charge in [0.1, 0.15) is 29.3 Å². The molecule has 0 saturated heterocycles. The third kappa shape index (κ3) is 7.12. The van der Waals surface area contributed by atoms with Crippen LogP contribution in [0.15, 0.2) is 30.4 Å². The number of carbonyl (C=O) groups is 3.